The molecule has 0 aliphatic heterocycles. The smallest absolute Gasteiger partial charge is 0.224 e. The number of aromatic nitrogens is 2. The van der Waals surface area contributed by atoms with E-state index in [0.717, 1.165) is 22.5 Å². The molecule has 1 aromatic heterocycles. The number of aromatic amines is 1. The Labute approximate surface area is 117 Å². The van der Waals surface area contributed by atoms with Gasteiger partial charge in [-0.2, -0.15) is 5.10 Å². The van der Waals surface area contributed by atoms with Gasteiger partial charge in [0.2, 0.25) is 5.91 Å². The van der Waals surface area contributed by atoms with E-state index >= 15 is 0 Å². The van der Waals surface area contributed by atoms with Crippen LogP contribution < -0.4 is 5.32 Å². The van der Waals surface area contributed by atoms with Crippen LogP contribution in [0.25, 0.3) is 0 Å². The van der Waals surface area contributed by atoms with E-state index < -0.39 is 0 Å². The minimum Gasteiger partial charge on any atom is -0.352 e. The molecular weight excluding hydrogens is 262 g/mol. The average Bonchev–Trinajstić information content (AvgIpc) is 2.70. The van der Waals surface area contributed by atoms with E-state index in [-0.39, 0.29) is 5.91 Å². The molecule has 2 N–H and O–H groups in total. The van der Waals surface area contributed by atoms with Gasteiger partial charge in [-0.1, -0.05) is 23.7 Å². The third-order valence-electron chi connectivity index (χ3n) is 3.02. The summed E-state index contributed by atoms with van der Waals surface area (Å²) in [4.78, 5) is 11.8. The van der Waals surface area contributed by atoms with Crippen molar-refractivity contribution in [3.05, 3.63) is 51.8 Å². The van der Waals surface area contributed by atoms with Crippen molar-refractivity contribution in [2.75, 3.05) is 0 Å². The number of amides is 1. The van der Waals surface area contributed by atoms with Crippen LogP contribution in [0.15, 0.2) is 24.3 Å². The van der Waals surface area contributed by atoms with Crippen molar-refractivity contribution in [1.29, 1.82) is 0 Å². The Balaban J connectivity index is 1.90. The van der Waals surface area contributed by atoms with Gasteiger partial charge in [0.05, 0.1) is 12.1 Å². The summed E-state index contributed by atoms with van der Waals surface area (Å²) in [5.74, 6) is -0.0117. The SMILES string of the molecule is Cc1n[nH]c(C)c1CNC(=O)Cc1ccc(Cl)cc1. The first-order chi connectivity index (χ1) is 9.06. The van der Waals surface area contributed by atoms with Gasteiger partial charge in [0.1, 0.15) is 0 Å². The minimum absolute atomic E-state index is 0.0117. The molecule has 2 rings (SSSR count). The fourth-order valence-corrected chi connectivity index (χ4v) is 2.00. The standard InChI is InChI=1S/C14H16ClN3O/c1-9-13(10(2)18-17-9)8-16-14(19)7-11-3-5-12(15)6-4-11/h3-6H,7-8H2,1-2H3,(H,16,19)(H,17,18). The number of benzene rings is 1. The molecule has 1 aromatic carbocycles. The number of carbonyl (C=O) groups excluding carboxylic acids is 1. The molecule has 100 valence electrons. The summed E-state index contributed by atoms with van der Waals surface area (Å²) in [6, 6.07) is 7.29. The van der Waals surface area contributed by atoms with Gasteiger partial charge in [-0.15, -0.1) is 0 Å². The second-order valence-corrected chi connectivity index (χ2v) is 4.93. The van der Waals surface area contributed by atoms with Crippen molar-refractivity contribution in [1.82, 2.24) is 15.5 Å². The average molecular weight is 278 g/mol. The number of hydrogen-bond acceptors (Lipinski definition) is 2. The van der Waals surface area contributed by atoms with Crippen molar-refractivity contribution < 1.29 is 4.79 Å². The van der Waals surface area contributed by atoms with Gasteiger partial charge in [-0.3, -0.25) is 9.89 Å². The molecule has 4 nitrogen and oxygen atoms in total. The van der Waals surface area contributed by atoms with Crippen LogP contribution in [-0.2, 0) is 17.8 Å². The van der Waals surface area contributed by atoms with E-state index in [0.29, 0.717) is 18.0 Å². The molecule has 0 aliphatic carbocycles. The number of halogens is 1. The topological polar surface area (TPSA) is 57.8 Å². The highest BCUT2D eigenvalue weighted by molar-refractivity contribution is 6.30. The number of nitrogens with zero attached hydrogens (tertiary/aromatic N) is 1. The number of carbonyl (C=O) groups is 1. The lowest BCUT2D eigenvalue weighted by molar-refractivity contribution is -0.120. The maximum atomic E-state index is 11.8. The largest absolute Gasteiger partial charge is 0.352 e. The van der Waals surface area contributed by atoms with Gasteiger partial charge < -0.3 is 5.32 Å². The fraction of sp³-hybridized carbons (Fsp3) is 0.286. The van der Waals surface area contributed by atoms with Crippen LogP contribution in [0.4, 0.5) is 0 Å². The zero-order valence-electron chi connectivity index (χ0n) is 11.0. The summed E-state index contributed by atoms with van der Waals surface area (Å²) in [6.45, 7) is 4.37. The summed E-state index contributed by atoms with van der Waals surface area (Å²) in [6.07, 6.45) is 0.354. The first-order valence-corrected chi connectivity index (χ1v) is 6.45. The van der Waals surface area contributed by atoms with Crippen LogP contribution in [0.3, 0.4) is 0 Å². The molecule has 0 fully saturated rings. The fourth-order valence-electron chi connectivity index (χ4n) is 1.87. The number of hydrogen-bond donors (Lipinski definition) is 2. The first kappa shape index (κ1) is 13.6. The number of H-pyrrole nitrogens is 1. The molecule has 5 heteroatoms. The molecule has 0 atom stereocenters. The van der Waals surface area contributed by atoms with Crippen molar-refractivity contribution >= 4 is 17.5 Å². The van der Waals surface area contributed by atoms with Gasteiger partial charge in [0.15, 0.2) is 0 Å². The van der Waals surface area contributed by atoms with Crippen LogP contribution in [0.2, 0.25) is 5.02 Å². The molecule has 0 radical (unpaired) electrons. The lowest BCUT2D eigenvalue weighted by Gasteiger charge is -2.06. The van der Waals surface area contributed by atoms with Gasteiger partial charge in [-0.05, 0) is 31.5 Å². The molecule has 1 heterocycles. The van der Waals surface area contributed by atoms with Crippen LogP contribution >= 0.6 is 11.6 Å². The molecule has 2 aromatic rings. The maximum Gasteiger partial charge on any atom is 0.224 e. The van der Waals surface area contributed by atoms with Crippen molar-refractivity contribution in [2.24, 2.45) is 0 Å². The normalized spacial score (nSPS) is 10.5. The summed E-state index contributed by atoms with van der Waals surface area (Å²) >= 11 is 5.80. The quantitative estimate of drug-likeness (QED) is 0.902. The Morgan fingerprint density at radius 1 is 1.32 bits per heavy atom. The minimum atomic E-state index is -0.0117. The molecule has 0 saturated carbocycles. The zero-order chi connectivity index (χ0) is 13.8. The third-order valence-corrected chi connectivity index (χ3v) is 3.27. The zero-order valence-corrected chi connectivity index (χ0v) is 11.7. The Kier molecular flexibility index (Phi) is 4.22. The second kappa shape index (κ2) is 5.89. The van der Waals surface area contributed by atoms with E-state index in [1.807, 2.05) is 26.0 Å². The Morgan fingerprint density at radius 2 is 2.00 bits per heavy atom. The number of nitrogens with one attached hydrogen (secondary N) is 2. The van der Waals surface area contributed by atoms with Gasteiger partial charge in [0, 0.05) is 22.8 Å². The highest BCUT2D eigenvalue weighted by atomic mass is 35.5. The highest BCUT2D eigenvalue weighted by Gasteiger charge is 2.08. The van der Waals surface area contributed by atoms with Crippen LogP contribution in [0, 0.1) is 13.8 Å². The van der Waals surface area contributed by atoms with Crippen LogP contribution in [0.1, 0.15) is 22.5 Å². The third kappa shape index (κ3) is 3.58. The van der Waals surface area contributed by atoms with Crippen molar-refractivity contribution in [3.8, 4) is 0 Å². The van der Waals surface area contributed by atoms with Crippen molar-refractivity contribution in [3.63, 3.8) is 0 Å². The van der Waals surface area contributed by atoms with E-state index in [1.54, 1.807) is 12.1 Å². The molecule has 0 saturated heterocycles. The lowest BCUT2D eigenvalue weighted by Crippen LogP contribution is -2.25. The Bertz CT molecular complexity index is 555. The summed E-state index contributed by atoms with van der Waals surface area (Å²) in [5, 5.41) is 10.6. The highest BCUT2D eigenvalue weighted by Crippen LogP contribution is 2.11. The van der Waals surface area contributed by atoms with Crippen LogP contribution in [0.5, 0.6) is 0 Å². The van der Waals surface area contributed by atoms with E-state index in [2.05, 4.69) is 15.5 Å². The number of aryl methyl sites for hydroxylation is 2. The summed E-state index contributed by atoms with van der Waals surface area (Å²) in [7, 11) is 0. The molecule has 0 bridgehead atoms. The van der Waals surface area contributed by atoms with Gasteiger partial charge >= 0.3 is 0 Å². The van der Waals surface area contributed by atoms with Gasteiger partial charge in [0.25, 0.3) is 0 Å². The molecule has 0 aliphatic rings. The van der Waals surface area contributed by atoms with E-state index in [1.165, 1.54) is 0 Å². The predicted molar refractivity (Wildman–Crippen MR) is 75.1 cm³/mol. The molecule has 0 unspecified atom stereocenters. The van der Waals surface area contributed by atoms with E-state index in [9.17, 15) is 4.79 Å². The van der Waals surface area contributed by atoms with E-state index in [4.69, 9.17) is 11.6 Å². The molecular formula is C14H16ClN3O. The molecule has 0 spiro atoms. The van der Waals surface area contributed by atoms with Gasteiger partial charge in [-0.25, -0.2) is 0 Å². The van der Waals surface area contributed by atoms with Crippen LogP contribution in [-0.4, -0.2) is 16.1 Å². The first-order valence-electron chi connectivity index (χ1n) is 6.08. The lowest BCUT2D eigenvalue weighted by atomic mass is 10.1. The Morgan fingerprint density at radius 3 is 2.58 bits per heavy atom. The second-order valence-electron chi connectivity index (χ2n) is 4.49. The number of rotatable bonds is 4. The molecule has 1 amide bonds. The molecule has 19 heavy (non-hydrogen) atoms. The summed E-state index contributed by atoms with van der Waals surface area (Å²) < 4.78 is 0. The van der Waals surface area contributed by atoms with Crippen molar-refractivity contribution in [2.45, 2.75) is 26.8 Å². The monoisotopic (exact) mass is 277 g/mol. The maximum absolute atomic E-state index is 11.8. The predicted octanol–water partition coefficient (Wildman–Crippen LogP) is 2.54. The summed E-state index contributed by atoms with van der Waals surface area (Å²) in [5.41, 5.74) is 3.90. The Hall–Kier alpha value is -1.81.